The van der Waals surface area contributed by atoms with Gasteiger partial charge in [-0.15, -0.1) is 5.92 Å². The summed E-state index contributed by atoms with van der Waals surface area (Å²) in [6.07, 6.45) is 0. The predicted octanol–water partition coefficient (Wildman–Crippen LogP) is -0.249. The largest absolute Gasteiger partial charge is 0.397 e. The molecule has 1 aromatic heterocycles. The maximum atomic E-state index is 12.0. The third-order valence-corrected chi connectivity index (χ3v) is 2.44. The van der Waals surface area contributed by atoms with Gasteiger partial charge in [-0.05, 0) is 6.92 Å². The molecule has 0 atom stereocenters. The van der Waals surface area contributed by atoms with E-state index in [1.54, 1.807) is 18.9 Å². The molecule has 0 radical (unpaired) electrons. The highest BCUT2D eigenvalue weighted by Crippen LogP contribution is 2.22. The number of hydrogen-bond acceptors (Lipinski definition) is 5. The van der Waals surface area contributed by atoms with Crippen LogP contribution in [0.4, 0.5) is 11.4 Å². The van der Waals surface area contributed by atoms with Crippen molar-refractivity contribution in [1.82, 2.24) is 9.78 Å². The van der Waals surface area contributed by atoms with Gasteiger partial charge in [-0.25, -0.2) is 4.68 Å². The van der Waals surface area contributed by atoms with Crippen molar-refractivity contribution in [2.75, 3.05) is 24.2 Å². The van der Waals surface area contributed by atoms with Crippen LogP contribution < -0.4 is 21.9 Å². The normalized spacial score (nSPS) is 9.50. The van der Waals surface area contributed by atoms with E-state index in [1.165, 1.54) is 11.7 Å². The molecule has 4 N–H and O–H groups in total. The zero-order valence-electron chi connectivity index (χ0n) is 10.8. The fraction of sp³-hybridized carbons (Fsp3) is 0.333. The van der Waals surface area contributed by atoms with Crippen molar-refractivity contribution in [3.8, 4) is 11.8 Å². The van der Waals surface area contributed by atoms with E-state index in [-0.39, 0.29) is 16.9 Å². The van der Waals surface area contributed by atoms with Gasteiger partial charge < -0.3 is 16.4 Å². The minimum absolute atomic E-state index is 0.222. The molecule has 0 aliphatic carbocycles. The molecule has 1 aromatic rings. The summed E-state index contributed by atoms with van der Waals surface area (Å²) in [6.45, 7) is 5.72. The number of anilines is 2. The van der Waals surface area contributed by atoms with Gasteiger partial charge in [0.25, 0.3) is 5.56 Å². The molecule has 1 heterocycles. The van der Waals surface area contributed by atoms with Gasteiger partial charge >= 0.3 is 0 Å². The standard InChI is InChI=1S/C12H17N5O/c1-5-6-7-16(3)11-9(14)10(8(2)13)15-17(4)12(11)18/h2,7,13-14H2,1,3-4H3. The van der Waals surface area contributed by atoms with Crippen molar-refractivity contribution in [2.45, 2.75) is 6.92 Å². The zero-order valence-corrected chi connectivity index (χ0v) is 10.8. The Morgan fingerprint density at radius 1 is 1.61 bits per heavy atom. The second-order valence-electron chi connectivity index (χ2n) is 3.85. The molecule has 0 unspecified atom stereocenters. The molecule has 0 aromatic carbocycles. The van der Waals surface area contributed by atoms with E-state index in [1.807, 2.05) is 0 Å². The lowest BCUT2D eigenvalue weighted by molar-refractivity contribution is 0.699. The minimum Gasteiger partial charge on any atom is -0.397 e. The number of nitrogens with two attached hydrogens (primary N) is 2. The van der Waals surface area contributed by atoms with E-state index in [2.05, 4.69) is 23.5 Å². The average molecular weight is 247 g/mol. The highest BCUT2D eigenvalue weighted by molar-refractivity contribution is 5.78. The molecular weight excluding hydrogens is 230 g/mol. The number of aryl methyl sites for hydroxylation is 1. The molecule has 1 rings (SSSR count). The molecule has 18 heavy (non-hydrogen) atoms. The quantitative estimate of drug-likeness (QED) is 0.719. The van der Waals surface area contributed by atoms with Gasteiger partial charge in [0.05, 0.1) is 17.9 Å². The van der Waals surface area contributed by atoms with Crippen molar-refractivity contribution < 1.29 is 0 Å². The number of nitrogen functional groups attached to an aromatic ring is 1. The van der Waals surface area contributed by atoms with E-state index in [4.69, 9.17) is 11.5 Å². The lowest BCUT2D eigenvalue weighted by Crippen LogP contribution is -2.32. The molecule has 0 fully saturated rings. The van der Waals surface area contributed by atoms with Gasteiger partial charge in [0.15, 0.2) is 0 Å². The topological polar surface area (TPSA) is 90.2 Å². The molecule has 0 bridgehead atoms. The number of aromatic nitrogens is 2. The Bertz CT molecular complexity index is 591. The Labute approximate surface area is 106 Å². The summed E-state index contributed by atoms with van der Waals surface area (Å²) in [5.41, 5.74) is 12.3. The van der Waals surface area contributed by atoms with Gasteiger partial charge in [-0.2, -0.15) is 5.10 Å². The molecule has 6 nitrogen and oxygen atoms in total. The van der Waals surface area contributed by atoms with Crippen molar-refractivity contribution in [1.29, 1.82) is 0 Å². The first-order valence-corrected chi connectivity index (χ1v) is 5.32. The van der Waals surface area contributed by atoms with Crippen LogP contribution in [0.25, 0.3) is 5.70 Å². The van der Waals surface area contributed by atoms with E-state index >= 15 is 0 Å². The molecule has 96 valence electrons. The lowest BCUT2D eigenvalue weighted by Gasteiger charge is -2.19. The van der Waals surface area contributed by atoms with Crippen LogP contribution in [0.5, 0.6) is 0 Å². The summed E-state index contributed by atoms with van der Waals surface area (Å²) < 4.78 is 1.19. The Morgan fingerprint density at radius 2 is 2.22 bits per heavy atom. The summed E-state index contributed by atoms with van der Waals surface area (Å²) in [4.78, 5) is 13.7. The first-order chi connectivity index (χ1) is 8.40. The Morgan fingerprint density at radius 3 is 2.72 bits per heavy atom. The molecule has 0 aliphatic rings. The summed E-state index contributed by atoms with van der Waals surface area (Å²) >= 11 is 0. The fourth-order valence-corrected chi connectivity index (χ4v) is 1.51. The summed E-state index contributed by atoms with van der Waals surface area (Å²) in [5, 5.41) is 3.99. The van der Waals surface area contributed by atoms with Crippen LogP contribution in [0.15, 0.2) is 11.4 Å². The van der Waals surface area contributed by atoms with Crippen molar-refractivity contribution in [3.63, 3.8) is 0 Å². The van der Waals surface area contributed by atoms with E-state index in [0.29, 0.717) is 17.9 Å². The maximum Gasteiger partial charge on any atom is 0.292 e. The molecule has 0 amide bonds. The number of rotatable bonds is 3. The van der Waals surface area contributed by atoms with Gasteiger partial charge in [-0.3, -0.25) is 4.79 Å². The monoisotopic (exact) mass is 247 g/mol. The van der Waals surface area contributed by atoms with Crippen molar-refractivity contribution >= 4 is 17.1 Å². The fourth-order valence-electron chi connectivity index (χ4n) is 1.51. The Balaban J connectivity index is 3.45. The molecule has 0 aliphatic heterocycles. The van der Waals surface area contributed by atoms with Crippen LogP contribution in [0, 0.1) is 11.8 Å². The third-order valence-electron chi connectivity index (χ3n) is 2.44. The first kappa shape index (κ1) is 13.6. The summed E-state index contributed by atoms with van der Waals surface area (Å²) in [6, 6.07) is 0. The van der Waals surface area contributed by atoms with Crippen LogP contribution in [-0.2, 0) is 7.05 Å². The molecular formula is C12H17N5O. The van der Waals surface area contributed by atoms with Crippen LogP contribution in [0.3, 0.4) is 0 Å². The summed E-state index contributed by atoms with van der Waals surface area (Å²) in [5.74, 6) is 5.63. The van der Waals surface area contributed by atoms with Crippen LogP contribution in [-0.4, -0.2) is 23.4 Å². The van der Waals surface area contributed by atoms with Gasteiger partial charge in [-0.1, -0.05) is 12.5 Å². The number of hydrogen-bond donors (Lipinski definition) is 2. The first-order valence-electron chi connectivity index (χ1n) is 5.32. The van der Waals surface area contributed by atoms with Gasteiger partial charge in [0.2, 0.25) is 0 Å². The lowest BCUT2D eigenvalue weighted by atomic mass is 10.2. The smallest absolute Gasteiger partial charge is 0.292 e. The highest BCUT2D eigenvalue weighted by atomic mass is 16.1. The number of nitrogens with zero attached hydrogens (tertiary/aromatic N) is 3. The second-order valence-corrected chi connectivity index (χ2v) is 3.85. The van der Waals surface area contributed by atoms with Crippen molar-refractivity contribution in [3.05, 3.63) is 22.6 Å². The Kier molecular flexibility index (Phi) is 4.00. The van der Waals surface area contributed by atoms with E-state index < -0.39 is 0 Å². The van der Waals surface area contributed by atoms with Crippen LogP contribution >= 0.6 is 0 Å². The zero-order chi connectivity index (χ0) is 13.9. The predicted molar refractivity (Wildman–Crippen MR) is 73.8 cm³/mol. The molecule has 0 spiro atoms. The SMILES string of the molecule is C=C(N)c1nn(C)c(=O)c(N(C)CC#CC)c1N. The molecule has 0 saturated carbocycles. The van der Waals surface area contributed by atoms with Crippen LogP contribution in [0.2, 0.25) is 0 Å². The van der Waals surface area contributed by atoms with Gasteiger partial charge in [0, 0.05) is 14.1 Å². The van der Waals surface area contributed by atoms with Crippen LogP contribution in [0.1, 0.15) is 12.6 Å². The average Bonchev–Trinajstić information content (AvgIpc) is 2.31. The maximum absolute atomic E-state index is 12.0. The Hall–Kier alpha value is -2.42. The van der Waals surface area contributed by atoms with Gasteiger partial charge in [0.1, 0.15) is 11.4 Å². The van der Waals surface area contributed by atoms with E-state index in [0.717, 1.165) is 0 Å². The highest BCUT2D eigenvalue weighted by Gasteiger charge is 2.17. The minimum atomic E-state index is -0.294. The third kappa shape index (κ3) is 2.46. The second kappa shape index (κ2) is 5.27. The van der Waals surface area contributed by atoms with Crippen molar-refractivity contribution in [2.24, 2.45) is 12.8 Å². The molecule has 0 saturated heterocycles. The summed E-state index contributed by atoms with van der Waals surface area (Å²) in [7, 11) is 3.28. The van der Waals surface area contributed by atoms with E-state index in [9.17, 15) is 4.79 Å². The molecule has 6 heteroatoms.